The van der Waals surface area contributed by atoms with Crippen LogP contribution in [0.3, 0.4) is 0 Å². The molecule has 0 aromatic carbocycles. The molecule has 0 spiro atoms. The Morgan fingerprint density at radius 1 is 1.00 bits per heavy atom. The van der Waals surface area contributed by atoms with Gasteiger partial charge < -0.3 is 5.73 Å². The highest BCUT2D eigenvalue weighted by atomic mass is 35.5. The molecule has 10 heavy (non-hydrogen) atoms. The minimum atomic E-state index is 0.744. The number of halogens is 2. The Bertz CT molecular complexity index is 68.8. The highest BCUT2D eigenvalue weighted by Crippen LogP contribution is 2.04. The van der Waals surface area contributed by atoms with Crippen LogP contribution in [0.2, 0.25) is 0 Å². The van der Waals surface area contributed by atoms with E-state index in [9.17, 15) is 0 Å². The molecule has 0 aromatic heterocycles. The summed E-state index contributed by atoms with van der Waals surface area (Å²) in [4.78, 5) is 0. The van der Waals surface area contributed by atoms with Crippen molar-refractivity contribution in [2.75, 3.05) is 13.1 Å². The van der Waals surface area contributed by atoms with E-state index in [0.717, 1.165) is 32.4 Å². The number of nitrogens with zero attached hydrogens (tertiary/aromatic N) is 1. The lowest BCUT2D eigenvalue weighted by Crippen LogP contribution is -2.01. The van der Waals surface area contributed by atoms with Crippen molar-refractivity contribution < 1.29 is 0 Å². The molecule has 0 rings (SSSR count). The fraction of sp³-hybridized carbons (Fsp3) is 1.00. The Labute approximate surface area is 72.5 Å². The molecule has 0 atom stereocenters. The summed E-state index contributed by atoms with van der Waals surface area (Å²) >= 11 is 10.7. The highest BCUT2D eigenvalue weighted by molar-refractivity contribution is 6.33. The second-order valence-corrected chi connectivity index (χ2v) is 3.22. The van der Waals surface area contributed by atoms with Crippen molar-refractivity contribution in [3.63, 3.8) is 0 Å². The van der Waals surface area contributed by atoms with Crippen molar-refractivity contribution in [2.24, 2.45) is 5.73 Å². The third-order valence-corrected chi connectivity index (χ3v) is 1.62. The van der Waals surface area contributed by atoms with Crippen molar-refractivity contribution >= 4 is 23.6 Å². The van der Waals surface area contributed by atoms with Crippen LogP contribution in [-0.2, 0) is 0 Å². The first-order valence-electron chi connectivity index (χ1n) is 3.56. The van der Waals surface area contributed by atoms with Gasteiger partial charge in [-0.15, -0.1) is 3.94 Å². The summed E-state index contributed by atoms with van der Waals surface area (Å²) < 4.78 is 1.17. The molecule has 0 aliphatic carbocycles. The van der Waals surface area contributed by atoms with Crippen LogP contribution in [0, 0.1) is 0 Å². The van der Waals surface area contributed by atoms with Crippen LogP contribution in [0.1, 0.15) is 25.7 Å². The Balaban J connectivity index is 2.77. The van der Waals surface area contributed by atoms with Crippen LogP contribution in [0.5, 0.6) is 0 Å². The van der Waals surface area contributed by atoms with Gasteiger partial charge in [0, 0.05) is 6.54 Å². The van der Waals surface area contributed by atoms with E-state index in [1.807, 2.05) is 0 Å². The van der Waals surface area contributed by atoms with Crippen molar-refractivity contribution in [3.8, 4) is 0 Å². The second-order valence-electron chi connectivity index (χ2n) is 2.23. The predicted molar refractivity (Wildman–Crippen MR) is 45.9 cm³/mol. The van der Waals surface area contributed by atoms with Gasteiger partial charge in [-0.3, -0.25) is 0 Å². The molecule has 2 N–H and O–H groups in total. The summed E-state index contributed by atoms with van der Waals surface area (Å²) in [6.45, 7) is 1.53. The molecule has 0 amide bonds. The van der Waals surface area contributed by atoms with Gasteiger partial charge in [0.25, 0.3) is 0 Å². The van der Waals surface area contributed by atoms with E-state index in [0.29, 0.717) is 0 Å². The lowest BCUT2D eigenvalue weighted by molar-refractivity contribution is 0.582. The summed E-state index contributed by atoms with van der Waals surface area (Å²) in [6.07, 6.45) is 4.49. The van der Waals surface area contributed by atoms with E-state index in [1.165, 1.54) is 10.4 Å². The third-order valence-electron chi connectivity index (χ3n) is 1.28. The van der Waals surface area contributed by atoms with E-state index in [4.69, 9.17) is 29.3 Å². The van der Waals surface area contributed by atoms with Gasteiger partial charge in [0.2, 0.25) is 0 Å². The number of nitrogens with two attached hydrogens (primary N) is 1. The summed E-state index contributed by atoms with van der Waals surface area (Å²) in [5.74, 6) is 0. The quantitative estimate of drug-likeness (QED) is 0.507. The molecule has 62 valence electrons. The van der Waals surface area contributed by atoms with Crippen LogP contribution in [-0.4, -0.2) is 17.0 Å². The highest BCUT2D eigenvalue weighted by Gasteiger charge is 1.93. The predicted octanol–water partition coefficient (Wildman–Crippen LogP) is 2.12. The molecule has 0 aromatic rings. The largest absolute Gasteiger partial charge is 0.330 e. The van der Waals surface area contributed by atoms with Gasteiger partial charge in [0.1, 0.15) is 0 Å². The Morgan fingerprint density at radius 2 is 1.60 bits per heavy atom. The summed E-state index contributed by atoms with van der Waals surface area (Å²) in [7, 11) is 0. The fourth-order valence-corrected chi connectivity index (χ4v) is 0.968. The van der Waals surface area contributed by atoms with Crippen LogP contribution in [0.25, 0.3) is 0 Å². The summed E-state index contributed by atoms with van der Waals surface area (Å²) in [5.41, 5.74) is 5.31. The monoisotopic (exact) mass is 184 g/mol. The zero-order chi connectivity index (χ0) is 7.82. The summed E-state index contributed by atoms with van der Waals surface area (Å²) in [6, 6.07) is 0. The molecule has 0 saturated heterocycles. The molecule has 0 radical (unpaired) electrons. The minimum Gasteiger partial charge on any atom is -0.330 e. The van der Waals surface area contributed by atoms with Crippen molar-refractivity contribution in [2.45, 2.75) is 25.7 Å². The van der Waals surface area contributed by atoms with Gasteiger partial charge in [-0.05, 0) is 42.9 Å². The lowest BCUT2D eigenvalue weighted by Gasteiger charge is -2.02. The molecule has 0 fully saturated rings. The van der Waals surface area contributed by atoms with E-state index in [2.05, 4.69) is 0 Å². The molecular formula is C6H14Cl2N2. The van der Waals surface area contributed by atoms with Gasteiger partial charge in [-0.2, -0.15) is 0 Å². The number of rotatable bonds is 6. The first-order chi connectivity index (χ1) is 4.77. The Hall–Kier alpha value is 0.500. The molecule has 0 bridgehead atoms. The van der Waals surface area contributed by atoms with Crippen LogP contribution < -0.4 is 5.73 Å². The minimum absolute atomic E-state index is 0.744. The molecule has 0 aliphatic heterocycles. The van der Waals surface area contributed by atoms with Crippen molar-refractivity contribution in [3.05, 3.63) is 0 Å². The molecular weight excluding hydrogens is 171 g/mol. The SMILES string of the molecule is NCCCCCCN(Cl)Cl. The van der Waals surface area contributed by atoms with E-state index >= 15 is 0 Å². The van der Waals surface area contributed by atoms with E-state index in [1.54, 1.807) is 0 Å². The maximum atomic E-state index is 5.36. The molecule has 0 heterocycles. The summed E-state index contributed by atoms with van der Waals surface area (Å²) in [5, 5.41) is 0. The standard InChI is InChI=1S/C6H14Cl2N2/c7-10(8)6-4-2-1-3-5-9/h1-6,9H2. The molecule has 0 saturated carbocycles. The number of hydrogen-bond acceptors (Lipinski definition) is 2. The van der Waals surface area contributed by atoms with Crippen LogP contribution >= 0.6 is 23.6 Å². The van der Waals surface area contributed by atoms with Crippen molar-refractivity contribution in [1.82, 2.24) is 3.94 Å². The normalized spacial score (nSPS) is 10.8. The van der Waals surface area contributed by atoms with Gasteiger partial charge in [-0.25, -0.2) is 0 Å². The van der Waals surface area contributed by atoms with Crippen molar-refractivity contribution in [1.29, 1.82) is 0 Å². The Kier molecular flexibility index (Phi) is 7.99. The average Bonchev–Trinajstić information content (AvgIpc) is 1.87. The topological polar surface area (TPSA) is 29.3 Å². The first-order valence-corrected chi connectivity index (χ1v) is 4.24. The van der Waals surface area contributed by atoms with E-state index < -0.39 is 0 Å². The van der Waals surface area contributed by atoms with Gasteiger partial charge >= 0.3 is 0 Å². The lowest BCUT2D eigenvalue weighted by atomic mass is 10.2. The molecule has 0 unspecified atom stereocenters. The fourth-order valence-electron chi connectivity index (χ4n) is 0.729. The average molecular weight is 185 g/mol. The number of unbranched alkanes of at least 4 members (excludes halogenated alkanes) is 3. The van der Waals surface area contributed by atoms with Gasteiger partial charge in [0.15, 0.2) is 0 Å². The molecule has 0 aliphatic rings. The first kappa shape index (κ1) is 10.5. The smallest absolute Gasteiger partial charge is 0.0304 e. The number of hydrogen-bond donors (Lipinski definition) is 1. The van der Waals surface area contributed by atoms with Gasteiger partial charge in [-0.1, -0.05) is 12.8 Å². The third kappa shape index (κ3) is 8.50. The molecule has 4 heteroatoms. The zero-order valence-electron chi connectivity index (χ0n) is 6.02. The Morgan fingerprint density at radius 3 is 2.10 bits per heavy atom. The van der Waals surface area contributed by atoms with Crippen LogP contribution in [0.15, 0.2) is 0 Å². The maximum Gasteiger partial charge on any atom is 0.0304 e. The maximum absolute atomic E-state index is 5.36. The van der Waals surface area contributed by atoms with Crippen LogP contribution in [0.4, 0.5) is 0 Å². The molecule has 2 nitrogen and oxygen atoms in total. The van der Waals surface area contributed by atoms with E-state index in [-0.39, 0.29) is 0 Å². The second kappa shape index (κ2) is 7.61. The zero-order valence-corrected chi connectivity index (χ0v) is 7.53. The van der Waals surface area contributed by atoms with Gasteiger partial charge in [0.05, 0.1) is 0 Å².